The summed E-state index contributed by atoms with van der Waals surface area (Å²) in [5.74, 6) is -0.545. The van der Waals surface area contributed by atoms with Gasteiger partial charge in [0.05, 0.1) is 6.61 Å². The fourth-order valence-corrected chi connectivity index (χ4v) is 1.56. The summed E-state index contributed by atoms with van der Waals surface area (Å²) in [6, 6.07) is -0.402. The average Bonchev–Trinajstić information content (AvgIpc) is 2.33. The molecule has 122 valence electrons. The Morgan fingerprint density at radius 1 is 1.24 bits per heavy atom. The minimum absolute atomic E-state index is 0.0975. The summed E-state index contributed by atoms with van der Waals surface area (Å²) in [7, 11) is 0. The van der Waals surface area contributed by atoms with Crippen LogP contribution in [0.25, 0.3) is 0 Å². The minimum Gasteiger partial charge on any atom is -0.463 e. The molecule has 0 heterocycles. The van der Waals surface area contributed by atoms with Crippen molar-refractivity contribution in [2.24, 2.45) is 5.92 Å². The van der Waals surface area contributed by atoms with E-state index in [1.807, 2.05) is 41.5 Å². The van der Waals surface area contributed by atoms with E-state index in [9.17, 15) is 9.59 Å². The normalized spacial score (nSPS) is 13.5. The Kier molecular flexibility index (Phi) is 8.93. The molecule has 0 aromatic carbocycles. The summed E-state index contributed by atoms with van der Waals surface area (Å²) in [4.78, 5) is 23.3. The van der Waals surface area contributed by atoms with Crippen molar-refractivity contribution >= 4 is 11.9 Å². The van der Waals surface area contributed by atoms with Crippen LogP contribution in [0.1, 0.15) is 48.0 Å². The van der Waals surface area contributed by atoms with Crippen molar-refractivity contribution in [1.82, 2.24) is 5.32 Å². The van der Waals surface area contributed by atoms with Gasteiger partial charge in [0, 0.05) is 12.6 Å². The molecule has 0 aromatic heterocycles. The van der Waals surface area contributed by atoms with Crippen LogP contribution in [0.2, 0.25) is 0 Å². The summed E-state index contributed by atoms with van der Waals surface area (Å²) < 4.78 is 10.3. The second-order valence-electron chi connectivity index (χ2n) is 6.23. The SMILES string of the molecule is CCCOC(=O)C=CCN[C@@H](C(=O)OC(C)(C)C)C(C)C. The van der Waals surface area contributed by atoms with Crippen molar-refractivity contribution in [3.63, 3.8) is 0 Å². The van der Waals surface area contributed by atoms with Crippen LogP contribution in [0, 0.1) is 5.92 Å². The predicted octanol–water partition coefficient (Wildman–Crippen LogP) is 2.45. The van der Waals surface area contributed by atoms with Crippen LogP contribution in [0.3, 0.4) is 0 Å². The molecule has 0 aliphatic carbocycles. The Bertz CT molecular complexity index is 356. The van der Waals surface area contributed by atoms with Crippen molar-refractivity contribution in [3.8, 4) is 0 Å². The van der Waals surface area contributed by atoms with Gasteiger partial charge in [0.2, 0.25) is 0 Å². The zero-order chi connectivity index (χ0) is 16.5. The summed E-state index contributed by atoms with van der Waals surface area (Å²) >= 11 is 0. The number of hydrogen-bond donors (Lipinski definition) is 1. The molecule has 0 aromatic rings. The first-order valence-electron chi connectivity index (χ1n) is 7.47. The van der Waals surface area contributed by atoms with Gasteiger partial charge >= 0.3 is 11.9 Å². The molecule has 0 spiro atoms. The number of hydrogen-bond acceptors (Lipinski definition) is 5. The van der Waals surface area contributed by atoms with Gasteiger partial charge in [-0.25, -0.2) is 4.79 Å². The molecule has 21 heavy (non-hydrogen) atoms. The lowest BCUT2D eigenvalue weighted by molar-refractivity contribution is -0.158. The zero-order valence-corrected chi connectivity index (χ0v) is 14.1. The van der Waals surface area contributed by atoms with E-state index in [-0.39, 0.29) is 17.9 Å². The molecule has 0 bridgehead atoms. The van der Waals surface area contributed by atoms with Crippen LogP contribution in [0.4, 0.5) is 0 Å². The molecule has 5 nitrogen and oxygen atoms in total. The number of ether oxygens (including phenoxy) is 2. The van der Waals surface area contributed by atoms with Crippen molar-refractivity contribution in [2.45, 2.75) is 59.6 Å². The molecule has 0 radical (unpaired) electrons. The zero-order valence-electron chi connectivity index (χ0n) is 14.1. The largest absolute Gasteiger partial charge is 0.463 e. The first-order valence-corrected chi connectivity index (χ1v) is 7.47. The third-order valence-electron chi connectivity index (χ3n) is 2.49. The lowest BCUT2D eigenvalue weighted by atomic mass is 10.0. The standard InChI is InChI=1S/C16H29NO4/c1-7-11-20-13(18)9-8-10-17-14(12(2)3)15(19)21-16(4,5)6/h8-9,12,14,17H,7,10-11H2,1-6H3/t14-/m1/s1. The second-order valence-corrected chi connectivity index (χ2v) is 6.23. The van der Waals surface area contributed by atoms with Gasteiger partial charge in [-0.2, -0.15) is 0 Å². The van der Waals surface area contributed by atoms with Crippen LogP contribution >= 0.6 is 0 Å². The van der Waals surface area contributed by atoms with E-state index in [4.69, 9.17) is 9.47 Å². The third-order valence-corrected chi connectivity index (χ3v) is 2.49. The molecule has 0 saturated carbocycles. The molecule has 0 unspecified atom stereocenters. The Hall–Kier alpha value is -1.36. The van der Waals surface area contributed by atoms with Crippen LogP contribution in [0.5, 0.6) is 0 Å². The topological polar surface area (TPSA) is 64.6 Å². The van der Waals surface area contributed by atoms with Crippen molar-refractivity contribution in [2.75, 3.05) is 13.2 Å². The van der Waals surface area contributed by atoms with Gasteiger partial charge in [-0.15, -0.1) is 0 Å². The Labute approximate surface area is 128 Å². The average molecular weight is 299 g/mol. The fourth-order valence-electron chi connectivity index (χ4n) is 1.56. The maximum Gasteiger partial charge on any atom is 0.330 e. The van der Waals surface area contributed by atoms with Crippen LogP contribution in [-0.2, 0) is 19.1 Å². The van der Waals surface area contributed by atoms with Crippen molar-refractivity contribution < 1.29 is 19.1 Å². The van der Waals surface area contributed by atoms with E-state index in [0.717, 1.165) is 6.42 Å². The highest BCUT2D eigenvalue weighted by atomic mass is 16.6. The molecule has 5 heteroatoms. The molecular formula is C16H29NO4. The second kappa shape index (κ2) is 9.55. The first kappa shape index (κ1) is 19.6. The third kappa shape index (κ3) is 10.1. The van der Waals surface area contributed by atoms with E-state index in [1.165, 1.54) is 6.08 Å². The van der Waals surface area contributed by atoms with E-state index >= 15 is 0 Å². The maximum absolute atomic E-state index is 12.1. The maximum atomic E-state index is 12.1. The van der Waals surface area contributed by atoms with Gasteiger partial charge in [-0.05, 0) is 33.1 Å². The highest BCUT2D eigenvalue weighted by Crippen LogP contribution is 2.12. The van der Waals surface area contributed by atoms with E-state index < -0.39 is 11.6 Å². The molecule has 0 fully saturated rings. The highest BCUT2D eigenvalue weighted by Gasteiger charge is 2.26. The Morgan fingerprint density at radius 2 is 1.86 bits per heavy atom. The van der Waals surface area contributed by atoms with Gasteiger partial charge in [-0.3, -0.25) is 4.79 Å². The van der Waals surface area contributed by atoms with Crippen molar-refractivity contribution in [1.29, 1.82) is 0 Å². The Balaban J connectivity index is 4.31. The van der Waals surface area contributed by atoms with Gasteiger partial charge in [-0.1, -0.05) is 26.8 Å². The monoisotopic (exact) mass is 299 g/mol. The smallest absolute Gasteiger partial charge is 0.330 e. The van der Waals surface area contributed by atoms with E-state index in [0.29, 0.717) is 13.2 Å². The quantitative estimate of drug-likeness (QED) is 0.551. The molecule has 0 saturated heterocycles. The molecular weight excluding hydrogens is 270 g/mol. The summed E-state index contributed by atoms with van der Waals surface area (Å²) in [6.07, 6.45) is 3.82. The highest BCUT2D eigenvalue weighted by molar-refractivity contribution is 5.82. The minimum atomic E-state index is -0.508. The lowest BCUT2D eigenvalue weighted by Gasteiger charge is -2.26. The number of esters is 2. The lowest BCUT2D eigenvalue weighted by Crippen LogP contribution is -2.44. The van der Waals surface area contributed by atoms with Crippen LogP contribution in [0.15, 0.2) is 12.2 Å². The summed E-state index contributed by atoms with van der Waals surface area (Å²) in [5.41, 5.74) is -0.508. The van der Waals surface area contributed by atoms with Gasteiger partial charge in [0.25, 0.3) is 0 Å². The number of nitrogens with one attached hydrogen (secondary N) is 1. The van der Waals surface area contributed by atoms with Crippen LogP contribution in [-0.4, -0.2) is 36.7 Å². The molecule has 1 N–H and O–H groups in total. The Morgan fingerprint density at radius 3 is 2.33 bits per heavy atom. The van der Waals surface area contributed by atoms with Crippen molar-refractivity contribution in [3.05, 3.63) is 12.2 Å². The molecule has 1 atom stereocenters. The molecule has 0 amide bonds. The number of carbonyl (C=O) groups excluding carboxylic acids is 2. The molecule has 0 aliphatic rings. The summed E-state index contributed by atoms with van der Waals surface area (Å²) in [5, 5.41) is 3.08. The first-order chi connectivity index (χ1) is 9.67. The molecule has 0 rings (SSSR count). The number of carbonyl (C=O) groups is 2. The van der Waals surface area contributed by atoms with Gasteiger partial charge < -0.3 is 14.8 Å². The fraction of sp³-hybridized carbons (Fsp3) is 0.750. The van der Waals surface area contributed by atoms with E-state index in [2.05, 4.69) is 5.32 Å². The van der Waals surface area contributed by atoms with Gasteiger partial charge in [0.1, 0.15) is 11.6 Å². The van der Waals surface area contributed by atoms with E-state index in [1.54, 1.807) is 6.08 Å². The summed E-state index contributed by atoms with van der Waals surface area (Å²) in [6.45, 7) is 12.2. The van der Waals surface area contributed by atoms with Crippen LogP contribution < -0.4 is 5.32 Å². The molecule has 0 aliphatic heterocycles. The number of rotatable bonds is 8. The predicted molar refractivity (Wildman–Crippen MR) is 82.9 cm³/mol. The van der Waals surface area contributed by atoms with Gasteiger partial charge in [0.15, 0.2) is 0 Å².